The van der Waals surface area contributed by atoms with Crippen LogP contribution in [0.1, 0.15) is 25.8 Å². The highest BCUT2D eigenvalue weighted by Gasteiger charge is 2.06. The Labute approximate surface area is 95.4 Å². The average Bonchev–Trinajstić information content (AvgIpc) is 2.14. The van der Waals surface area contributed by atoms with Crippen LogP contribution in [0.15, 0.2) is 12.1 Å². The number of aryl methyl sites for hydroxylation is 1. The topological polar surface area (TPSA) is 12.0 Å². The van der Waals surface area contributed by atoms with E-state index < -0.39 is 0 Å². The van der Waals surface area contributed by atoms with Crippen molar-refractivity contribution in [2.24, 2.45) is 0 Å². The molecule has 1 aromatic carbocycles. The van der Waals surface area contributed by atoms with E-state index in [0.717, 1.165) is 27.7 Å². The summed E-state index contributed by atoms with van der Waals surface area (Å²) >= 11 is 12.1. The molecule has 1 N–H and O–H groups in total. The molecule has 1 nitrogen and oxygen atoms in total. The van der Waals surface area contributed by atoms with Crippen LogP contribution in [0.5, 0.6) is 0 Å². The maximum atomic E-state index is 6.08. The zero-order chi connectivity index (χ0) is 10.7. The molecule has 14 heavy (non-hydrogen) atoms. The molecule has 0 spiro atoms. The molecular weight excluding hydrogens is 217 g/mol. The molecule has 0 aromatic heterocycles. The van der Waals surface area contributed by atoms with Gasteiger partial charge in [0.15, 0.2) is 0 Å². The Hall–Kier alpha value is -0.400. The summed E-state index contributed by atoms with van der Waals surface area (Å²) < 4.78 is 0. The lowest BCUT2D eigenvalue weighted by molar-refractivity contribution is 0.764. The molecule has 0 aliphatic rings. The van der Waals surface area contributed by atoms with Gasteiger partial charge in [-0.3, -0.25) is 0 Å². The highest BCUT2D eigenvalue weighted by Crippen LogP contribution is 2.29. The Morgan fingerprint density at radius 1 is 1.29 bits per heavy atom. The fourth-order valence-corrected chi connectivity index (χ4v) is 1.56. The lowest BCUT2D eigenvalue weighted by Crippen LogP contribution is -2.13. The van der Waals surface area contributed by atoms with Crippen LogP contribution >= 0.6 is 23.2 Å². The van der Waals surface area contributed by atoms with Crippen molar-refractivity contribution in [3.8, 4) is 0 Å². The molecule has 1 unspecified atom stereocenters. The van der Waals surface area contributed by atoms with E-state index >= 15 is 0 Å². The fraction of sp³-hybridized carbons (Fsp3) is 0.455. The summed E-state index contributed by atoms with van der Waals surface area (Å²) in [5.41, 5.74) is 1.92. The zero-order valence-electron chi connectivity index (χ0n) is 8.70. The highest BCUT2D eigenvalue weighted by molar-refractivity contribution is 6.35. The number of benzene rings is 1. The van der Waals surface area contributed by atoms with E-state index in [4.69, 9.17) is 23.2 Å². The molecule has 78 valence electrons. The standard InChI is InChI=1S/C11H15Cl2N/c1-4-8(3)14-11-6-9(12)7(2)5-10(11)13/h5-6,8,14H,4H2,1-3H3. The molecule has 1 rings (SSSR count). The van der Waals surface area contributed by atoms with Gasteiger partial charge < -0.3 is 5.32 Å². The lowest BCUT2D eigenvalue weighted by Gasteiger charge is -2.15. The first-order valence-corrected chi connectivity index (χ1v) is 5.52. The fourth-order valence-electron chi connectivity index (χ4n) is 1.12. The zero-order valence-corrected chi connectivity index (χ0v) is 10.2. The summed E-state index contributed by atoms with van der Waals surface area (Å²) in [7, 11) is 0. The van der Waals surface area contributed by atoms with E-state index in [9.17, 15) is 0 Å². The van der Waals surface area contributed by atoms with Crippen LogP contribution < -0.4 is 5.32 Å². The summed E-state index contributed by atoms with van der Waals surface area (Å²) in [6.45, 7) is 6.19. The maximum Gasteiger partial charge on any atom is 0.0641 e. The number of hydrogen-bond donors (Lipinski definition) is 1. The molecule has 0 bridgehead atoms. The second kappa shape index (κ2) is 4.90. The summed E-state index contributed by atoms with van der Waals surface area (Å²) in [5, 5.41) is 4.79. The molecule has 0 aliphatic carbocycles. The van der Waals surface area contributed by atoms with Gasteiger partial charge in [0.05, 0.1) is 10.7 Å². The van der Waals surface area contributed by atoms with E-state index in [2.05, 4.69) is 19.2 Å². The SMILES string of the molecule is CCC(C)Nc1cc(Cl)c(C)cc1Cl. The number of hydrogen-bond acceptors (Lipinski definition) is 1. The Balaban J connectivity index is 2.92. The lowest BCUT2D eigenvalue weighted by atomic mass is 10.2. The predicted octanol–water partition coefficient (Wildman–Crippen LogP) is 4.51. The molecule has 3 heteroatoms. The highest BCUT2D eigenvalue weighted by atomic mass is 35.5. The first-order valence-electron chi connectivity index (χ1n) is 4.76. The first kappa shape index (κ1) is 11.7. The van der Waals surface area contributed by atoms with E-state index in [-0.39, 0.29) is 0 Å². The van der Waals surface area contributed by atoms with Crippen molar-refractivity contribution in [3.05, 3.63) is 27.7 Å². The van der Waals surface area contributed by atoms with Crippen molar-refractivity contribution in [2.45, 2.75) is 33.2 Å². The number of nitrogens with one attached hydrogen (secondary N) is 1. The Bertz CT molecular complexity index is 323. The quantitative estimate of drug-likeness (QED) is 0.808. The van der Waals surface area contributed by atoms with Gasteiger partial charge in [0.1, 0.15) is 0 Å². The van der Waals surface area contributed by atoms with Crippen LogP contribution in [0.4, 0.5) is 5.69 Å². The van der Waals surface area contributed by atoms with Gasteiger partial charge in [0.2, 0.25) is 0 Å². The van der Waals surface area contributed by atoms with Crippen molar-refractivity contribution in [2.75, 3.05) is 5.32 Å². The summed E-state index contributed by atoms with van der Waals surface area (Å²) in [6, 6.07) is 4.17. The molecule has 1 aromatic rings. The van der Waals surface area contributed by atoms with Gasteiger partial charge in [0, 0.05) is 11.1 Å². The predicted molar refractivity (Wildman–Crippen MR) is 64.6 cm³/mol. The number of anilines is 1. The summed E-state index contributed by atoms with van der Waals surface area (Å²) in [5.74, 6) is 0. The third-order valence-corrected chi connectivity index (χ3v) is 2.98. The molecule has 0 amide bonds. The van der Waals surface area contributed by atoms with Crippen molar-refractivity contribution < 1.29 is 0 Å². The Kier molecular flexibility index (Phi) is 4.09. The van der Waals surface area contributed by atoms with E-state index in [1.54, 1.807) is 0 Å². The van der Waals surface area contributed by atoms with Crippen LogP contribution in [0, 0.1) is 6.92 Å². The van der Waals surface area contributed by atoms with Gasteiger partial charge in [-0.2, -0.15) is 0 Å². The van der Waals surface area contributed by atoms with Crippen molar-refractivity contribution in [3.63, 3.8) is 0 Å². The summed E-state index contributed by atoms with van der Waals surface area (Å²) in [4.78, 5) is 0. The molecule has 0 saturated heterocycles. The van der Waals surface area contributed by atoms with Gasteiger partial charge in [0.25, 0.3) is 0 Å². The van der Waals surface area contributed by atoms with Gasteiger partial charge in [-0.25, -0.2) is 0 Å². The van der Waals surface area contributed by atoms with Crippen molar-refractivity contribution >= 4 is 28.9 Å². The molecule has 0 radical (unpaired) electrons. The Morgan fingerprint density at radius 3 is 2.50 bits per heavy atom. The number of halogens is 2. The van der Waals surface area contributed by atoms with E-state index in [1.807, 2.05) is 19.1 Å². The van der Waals surface area contributed by atoms with Crippen LogP contribution in [0.25, 0.3) is 0 Å². The average molecular weight is 232 g/mol. The molecule has 0 heterocycles. The van der Waals surface area contributed by atoms with Crippen molar-refractivity contribution in [1.29, 1.82) is 0 Å². The normalized spacial score (nSPS) is 12.6. The van der Waals surface area contributed by atoms with Gasteiger partial charge in [-0.05, 0) is 38.0 Å². The third kappa shape index (κ3) is 2.79. The molecule has 0 saturated carbocycles. The van der Waals surface area contributed by atoms with Crippen LogP contribution in [-0.4, -0.2) is 6.04 Å². The van der Waals surface area contributed by atoms with Crippen molar-refractivity contribution in [1.82, 2.24) is 0 Å². The molecule has 1 atom stereocenters. The Morgan fingerprint density at radius 2 is 1.93 bits per heavy atom. The second-order valence-electron chi connectivity index (χ2n) is 3.53. The van der Waals surface area contributed by atoms with Crippen LogP contribution in [-0.2, 0) is 0 Å². The molecule has 0 fully saturated rings. The van der Waals surface area contributed by atoms with E-state index in [0.29, 0.717) is 6.04 Å². The van der Waals surface area contributed by atoms with Crippen LogP contribution in [0.3, 0.4) is 0 Å². The minimum atomic E-state index is 0.409. The minimum absolute atomic E-state index is 0.409. The monoisotopic (exact) mass is 231 g/mol. The molecular formula is C11H15Cl2N. The van der Waals surface area contributed by atoms with Gasteiger partial charge in [-0.15, -0.1) is 0 Å². The molecule has 0 aliphatic heterocycles. The number of rotatable bonds is 3. The van der Waals surface area contributed by atoms with E-state index in [1.165, 1.54) is 0 Å². The third-order valence-electron chi connectivity index (χ3n) is 2.26. The summed E-state index contributed by atoms with van der Waals surface area (Å²) in [6.07, 6.45) is 1.06. The first-order chi connectivity index (χ1) is 6.54. The second-order valence-corrected chi connectivity index (χ2v) is 4.35. The van der Waals surface area contributed by atoms with Gasteiger partial charge >= 0.3 is 0 Å². The smallest absolute Gasteiger partial charge is 0.0641 e. The minimum Gasteiger partial charge on any atom is -0.381 e. The largest absolute Gasteiger partial charge is 0.381 e. The maximum absolute atomic E-state index is 6.08. The van der Waals surface area contributed by atoms with Crippen LogP contribution in [0.2, 0.25) is 10.0 Å². The van der Waals surface area contributed by atoms with Gasteiger partial charge in [-0.1, -0.05) is 30.1 Å².